The van der Waals surface area contributed by atoms with Gasteiger partial charge in [-0.25, -0.2) is 13.4 Å². The molecule has 34 heavy (non-hydrogen) atoms. The maximum atomic E-state index is 13.2. The van der Waals surface area contributed by atoms with Crippen LogP contribution in [0, 0.1) is 6.92 Å². The molecule has 5 rings (SSSR count). The summed E-state index contributed by atoms with van der Waals surface area (Å²) in [4.78, 5) is 37.2. The summed E-state index contributed by atoms with van der Waals surface area (Å²) in [6, 6.07) is 14.4. The number of pyridine rings is 2. The highest BCUT2D eigenvalue weighted by Crippen LogP contribution is 2.25. The first-order chi connectivity index (χ1) is 16.3. The topological polar surface area (TPSA) is 119 Å². The SMILES string of the molecule is Cc1cccc(-c2ccc(C(=O)N3CCN(S(=O)(=O)c4c[nH]c5ncccc45)CC3)c(=O)[nH]2)c1. The fourth-order valence-electron chi connectivity index (χ4n) is 4.21. The number of benzene rings is 1. The average Bonchev–Trinajstić information content (AvgIpc) is 3.29. The summed E-state index contributed by atoms with van der Waals surface area (Å²) in [5, 5.41) is 0.529. The van der Waals surface area contributed by atoms with Crippen molar-refractivity contribution in [2.45, 2.75) is 11.8 Å². The van der Waals surface area contributed by atoms with Crippen LogP contribution in [0.1, 0.15) is 15.9 Å². The van der Waals surface area contributed by atoms with Gasteiger partial charge in [-0.15, -0.1) is 0 Å². The zero-order chi connectivity index (χ0) is 23.9. The van der Waals surface area contributed by atoms with Crippen molar-refractivity contribution in [3.63, 3.8) is 0 Å². The number of aromatic amines is 2. The molecule has 4 heterocycles. The lowest BCUT2D eigenvalue weighted by Gasteiger charge is -2.33. The Labute approximate surface area is 196 Å². The van der Waals surface area contributed by atoms with Crippen LogP contribution in [0.3, 0.4) is 0 Å². The van der Waals surface area contributed by atoms with Gasteiger partial charge in [0.25, 0.3) is 11.5 Å². The second kappa shape index (κ2) is 8.54. The zero-order valence-corrected chi connectivity index (χ0v) is 19.3. The third-order valence-electron chi connectivity index (χ3n) is 6.03. The molecule has 0 atom stereocenters. The van der Waals surface area contributed by atoms with E-state index >= 15 is 0 Å². The Bertz CT molecular complexity index is 1550. The van der Waals surface area contributed by atoms with E-state index in [-0.39, 0.29) is 36.6 Å². The lowest BCUT2D eigenvalue weighted by Crippen LogP contribution is -2.51. The molecule has 10 heteroatoms. The van der Waals surface area contributed by atoms with Gasteiger partial charge in [0.1, 0.15) is 16.1 Å². The van der Waals surface area contributed by atoms with Crippen LogP contribution in [0.5, 0.6) is 0 Å². The Morgan fingerprint density at radius 1 is 1.03 bits per heavy atom. The molecule has 0 spiro atoms. The standard InChI is InChI=1S/C24H23N5O4S/c1-16-4-2-5-17(14-16)20-8-7-19(23(30)27-20)24(31)28-10-12-29(13-11-28)34(32,33)21-15-26-22-18(21)6-3-9-25-22/h2-9,14-15H,10-13H2,1H3,(H,25,26)(H,27,30). The fraction of sp³-hybridized carbons (Fsp3) is 0.208. The van der Waals surface area contributed by atoms with Crippen molar-refractivity contribution in [1.82, 2.24) is 24.2 Å². The molecule has 0 saturated carbocycles. The first-order valence-electron chi connectivity index (χ1n) is 10.9. The third-order valence-corrected chi connectivity index (χ3v) is 7.96. The number of rotatable bonds is 4. The van der Waals surface area contributed by atoms with Crippen LogP contribution in [-0.2, 0) is 10.0 Å². The van der Waals surface area contributed by atoms with Gasteiger partial charge in [-0.2, -0.15) is 4.31 Å². The van der Waals surface area contributed by atoms with Crippen molar-refractivity contribution in [2.75, 3.05) is 26.2 Å². The number of carbonyl (C=O) groups excluding carboxylic acids is 1. The summed E-state index contributed by atoms with van der Waals surface area (Å²) < 4.78 is 27.7. The minimum absolute atomic E-state index is 0.0374. The van der Waals surface area contributed by atoms with Gasteiger partial charge in [-0.05, 0) is 42.8 Å². The molecule has 0 unspecified atom stereocenters. The normalized spacial score (nSPS) is 15.0. The highest BCUT2D eigenvalue weighted by Gasteiger charge is 2.32. The van der Waals surface area contributed by atoms with E-state index in [0.717, 1.165) is 11.1 Å². The maximum absolute atomic E-state index is 13.2. The number of aromatic nitrogens is 3. The molecule has 2 N–H and O–H groups in total. The molecule has 1 amide bonds. The van der Waals surface area contributed by atoms with Crippen LogP contribution >= 0.6 is 0 Å². The lowest BCUT2D eigenvalue weighted by molar-refractivity contribution is 0.0696. The summed E-state index contributed by atoms with van der Waals surface area (Å²) in [5.41, 5.74) is 2.64. The highest BCUT2D eigenvalue weighted by atomic mass is 32.2. The Kier molecular flexibility index (Phi) is 5.54. The van der Waals surface area contributed by atoms with Crippen LogP contribution < -0.4 is 5.56 Å². The number of H-pyrrole nitrogens is 2. The van der Waals surface area contributed by atoms with E-state index in [0.29, 0.717) is 16.7 Å². The number of hydrogen-bond donors (Lipinski definition) is 2. The molecule has 1 aliphatic heterocycles. The predicted octanol–water partition coefficient (Wildman–Crippen LogP) is 2.37. The molecule has 1 aromatic carbocycles. The number of aryl methyl sites for hydroxylation is 1. The minimum atomic E-state index is -3.75. The highest BCUT2D eigenvalue weighted by molar-refractivity contribution is 7.89. The van der Waals surface area contributed by atoms with Gasteiger partial charge in [-0.3, -0.25) is 9.59 Å². The molecule has 1 fully saturated rings. The van der Waals surface area contributed by atoms with Crippen LogP contribution in [0.15, 0.2) is 70.6 Å². The molecule has 174 valence electrons. The van der Waals surface area contributed by atoms with Gasteiger partial charge in [0.15, 0.2) is 0 Å². The average molecular weight is 478 g/mol. The van der Waals surface area contributed by atoms with Crippen molar-refractivity contribution in [3.05, 3.63) is 82.4 Å². The summed E-state index contributed by atoms with van der Waals surface area (Å²) in [5.74, 6) is -0.412. The van der Waals surface area contributed by atoms with E-state index in [1.54, 1.807) is 24.4 Å². The van der Waals surface area contributed by atoms with Crippen molar-refractivity contribution in [3.8, 4) is 11.3 Å². The number of piperazine rings is 1. The van der Waals surface area contributed by atoms with Crippen LogP contribution in [0.25, 0.3) is 22.3 Å². The summed E-state index contributed by atoms with van der Waals surface area (Å²) >= 11 is 0. The second-order valence-electron chi connectivity index (χ2n) is 8.23. The van der Waals surface area contributed by atoms with E-state index in [1.807, 2.05) is 31.2 Å². The molecule has 0 bridgehead atoms. The van der Waals surface area contributed by atoms with E-state index < -0.39 is 21.5 Å². The van der Waals surface area contributed by atoms with Crippen molar-refractivity contribution in [2.24, 2.45) is 0 Å². The Morgan fingerprint density at radius 3 is 2.56 bits per heavy atom. The quantitative estimate of drug-likeness (QED) is 0.468. The number of hydrogen-bond acceptors (Lipinski definition) is 5. The number of nitrogens with one attached hydrogen (secondary N) is 2. The van der Waals surface area contributed by atoms with E-state index in [9.17, 15) is 18.0 Å². The van der Waals surface area contributed by atoms with Crippen molar-refractivity contribution < 1.29 is 13.2 Å². The van der Waals surface area contributed by atoms with Gasteiger partial charge in [0, 0.05) is 49.7 Å². The summed E-state index contributed by atoms with van der Waals surface area (Å²) in [6.07, 6.45) is 3.04. The lowest BCUT2D eigenvalue weighted by atomic mass is 10.1. The number of nitrogens with zero attached hydrogens (tertiary/aromatic N) is 3. The van der Waals surface area contributed by atoms with E-state index in [2.05, 4.69) is 15.0 Å². The van der Waals surface area contributed by atoms with Crippen LogP contribution in [-0.4, -0.2) is 64.7 Å². The van der Waals surface area contributed by atoms with E-state index in [1.165, 1.54) is 21.5 Å². The third kappa shape index (κ3) is 3.91. The van der Waals surface area contributed by atoms with Gasteiger partial charge < -0.3 is 14.9 Å². The van der Waals surface area contributed by atoms with E-state index in [4.69, 9.17) is 0 Å². The Morgan fingerprint density at radius 2 is 1.82 bits per heavy atom. The molecule has 3 aromatic heterocycles. The molecule has 4 aromatic rings. The Hall–Kier alpha value is -3.76. The van der Waals surface area contributed by atoms with Crippen molar-refractivity contribution in [1.29, 1.82) is 0 Å². The molecule has 1 aliphatic rings. The number of sulfonamides is 1. The molecular weight excluding hydrogens is 454 g/mol. The zero-order valence-electron chi connectivity index (χ0n) is 18.5. The summed E-state index contributed by atoms with van der Waals surface area (Å²) in [6.45, 7) is 2.63. The Balaban J connectivity index is 1.31. The number of amides is 1. The van der Waals surface area contributed by atoms with Crippen LogP contribution in [0.2, 0.25) is 0 Å². The maximum Gasteiger partial charge on any atom is 0.261 e. The molecular formula is C24H23N5O4S. The predicted molar refractivity (Wildman–Crippen MR) is 128 cm³/mol. The molecule has 0 radical (unpaired) electrons. The molecule has 0 aliphatic carbocycles. The number of carbonyl (C=O) groups is 1. The first kappa shape index (κ1) is 22.1. The smallest absolute Gasteiger partial charge is 0.261 e. The van der Waals surface area contributed by atoms with Gasteiger partial charge >= 0.3 is 0 Å². The van der Waals surface area contributed by atoms with Gasteiger partial charge in [-0.1, -0.05) is 23.8 Å². The fourth-order valence-corrected chi connectivity index (χ4v) is 5.78. The minimum Gasteiger partial charge on any atom is -0.345 e. The second-order valence-corrected chi connectivity index (χ2v) is 10.1. The van der Waals surface area contributed by atoms with Gasteiger partial charge in [0.05, 0.1) is 0 Å². The number of fused-ring (bicyclic) bond motifs is 1. The monoisotopic (exact) mass is 477 g/mol. The molecule has 1 saturated heterocycles. The molecule has 9 nitrogen and oxygen atoms in total. The largest absolute Gasteiger partial charge is 0.345 e. The van der Waals surface area contributed by atoms with Crippen molar-refractivity contribution >= 4 is 27.0 Å². The van der Waals surface area contributed by atoms with Gasteiger partial charge in [0.2, 0.25) is 10.0 Å². The first-order valence-corrected chi connectivity index (χ1v) is 12.3. The summed E-state index contributed by atoms with van der Waals surface area (Å²) in [7, 11) is -3.75. The van der Waals surface area contributed by atoms with Crippen LogP contribution in [0.4, 0.5) is 0 Å².